The highest BCUT2D eigenvalue weighted by Crippen LogP contribution is 2.34. The lowest BCUT2D eigenvalue weighted by molar-refractivity contribution is -0.138. The van der Waals surface area contributed by atoms with Gasteiger partial charge in [0.05, 0.1) is 18.8 Å². The summed E-state index contributed by atoms with van der Waals surface area (Å²) in [6.07, 6.45) is -4.58. The quantitative estimate of drug-likeness (QED) is 0.550. The van der Waals surface area contributed by atoms with Crippen LogP contribution in [0.1, 0.15) is 38.5 Å². The van der Waals surface area contributed by atoms with Gasteiger partial charge in [0, 0.05) is 23.7 Å². The van der Waals surface area contributed by atoms with E-state index in [1.165, 1.54) is 17.7 Å². The Morgan fingerprint density at radius 1 is 1.09 bits per heavy atom. The fourth-order valence-corrected chi connectivity index (χ4v) is 3.76. The van der Waals surface area contributed by atoms with E-state index in [0.29, 0.717) is 24.8 Å². The topological polar surface area (TPSA) is 64.4 Å². The average Bonchev–Trinajstić information content (AvgIpc) is 2.73. The van der Waals surface area contributed by atoms with E-state index in [9.17, 15) is 18.0 Å². The van der Waals surface area contributed by atoms with Gasteiger partial charge in [-0.15, -0.1) is 0 Å². The minimum Gasteiger partial charge on any atom is -0.380 e. The van der Waals surface area contributed by atoms with Crippen molar-refractivity contribution in [2.75, 3.05) is 18.5 Å². The molecule has 0 bridgehead atoms. The third-order valence-corrected chi connectivity index (χ3v) is 5.70. The van der Waals surface area contributed by atoms with Crippen LogP contribution in [0.25, 0.3) is 11.1 Å². The zero-order chi connectivity index (χ0) is 22.9. The number of carbonyl (C=O) groups excluding carboxylic acids is 1. The van der Waals surface area contributed by atoms with Gasteiger partial charge >= 0.3 is 6.18 Å². The molecule has 0 saturated carbocycles. The number of alkyl halides is 3. The summed E-state index contributed by atoms with van der Waals surface area (Å²) in [5.74, 6) is -0.230. The highest BCUT2D eigenvalue weighted by atomic mass is 19.4. The molecule has 1 aliphatic rings. The van der Waals surface area contributed by atoms with Gasteiger partial charge < -0.3 is 15.8 Å². The third kappa shape index (κ3) is 4.54. The minimum absolute atomic E-state index is 0.0524. The Bertz CT molecular complexity index is 1150. The molecule has 7 heteroatoms. The van der Waals surface area contributed by atoms with Crippen LogP contribution in [-0.4, -0.2) is 19.1 Å². The van der Waals surface area contributed by atoms with Gasteiger partial charge in [-0.25, -0.2) is 0 Å². The molecule has 0 aliphatic carbocycles. The lowest BCUT2D eigenvalue weighted by atomic mass is 9.92. The van der Waals surface area contributed by atoms with Crippen molar-refractivity contribution in [1.82, 2.24) is 0 Å². The Balaban J connectivity index is 1.60. The number of anilines is 1. The summed E-state index contributed by atoms with van der Waals surface area (Å²) >= 11 is 0. The number of amides is 1. The zero-order valence-electron chi connectivity index (χ0n) is 17.5. The molecular weight excluding hydrogens is 417 g/mol. The molecule has 1 fully saturated rings. The number of nitrogens with two attached hydrogens (primary N) is 1. The summed E-state index contributed by atoms with van der Waals surface area (Å²) in [7, 11) is 0. The number of carbonyl (C=O) groups is 1. The van der Waals surface area contributed by atoms with E-state index in [1.807, 2.05) is 31.2 Å². The monoisotopic (exact) mass is 440 g/mol. The summed E-state index contributed by atoms with van der Waals surface area (Å²) in [6, 6.07) is 17.1. The Morgan fingerprint density at radius 3 is 2.53 bits per heavy atom. The first-order chi connectivity index (χ1) is 15.3. The molecule has 1 saturated heterocycles. The number of hydrogen-bond acceptors (Lipinski definition) is 3. The average molecular weight is 440 g/mol. The van der Waals surface area contributed by atoms with Crippen molar-refractivity contribution in [3.05, 3.63) is 88.5 Å². The third-order valence-electron chi connectivity index (χ3n) is 5.70. The maximum atomic E-state index is 13.3. The van der Waals surface area contributed by atoms with Crippen LogP contribution in [0.4, 0.5) is 18.9 Å². The van der Waals surface area contributed by atoms with Crippen LogP contribution in [0.5, 0.6) is 0 Å². The molecule has 4 nitrogen and oxygen atoms in total. The van der Waals surface area contributed by atoms with E-state index in [1.54, 1.807) is 6.07 Å². The lowest BCUT2D eigenvalue weighted by Crippen LogP contribution is -2.24. The molecule has 3 aromatic rings. The molecule has 32 heavy (non-hydrogen) atoms. The minimum atomic E-state index is -4.58. The maximum Gasteiger partial charge on any atom is 0.416 e. The molecule has 3 aromatic carbocycles. The van der Waals surface area contributed by atoms with Crippen molar-refractivity contribution in [1.29, 1.82) is 0 Å². The summed E-state index contributed by atoms with van der Waals surface area (Å²) in [5, 5.41) is 2.71. The van der Waals surface area contributed by atoms with E-state index < -0.39 is 17.6 Å². The van der Waals surface area contributed by atoms with Crippen LogP contribution in [-0.2, 0) is 17.5 Å². The standard InChI is InChI=1S/C25H23F3N2O2/c1-15-5-8-21(11-22(15)17-4-2-3-16(9-17)20-13-32-14-20)30-24(31)18-6-7-19(12-29)23(10-18)25(26,27)28/h2-11,20H,12-14,29H2,1H3,(H,30,31). The van der Waals surface area contributed by atoms with Gasteiger partial charge in [-0.2, -0.15) is 13.2 Å². The first-order valence-electron chi connectivity index (χ1n) is 10.3. The van der Waals surface area contributed by atoms with E-state index in [-0.39, 0.29) is 17.7 Å². The number of aryl methyl sites for hydroxylation is 1. The van der Waals surface area contributed by atoms with Crippen LogP contribution in [0.2, 0.25) is 0 Å². The van der Waals surface area contributed by atoms with Crippen LogP contribution in [0, 0.1) is 6.92 Å². The molecular formula is C25H23F3N2O2. The molecule has 0 aromatic heterocycles. The van der Waals surface area contributed by atoms with E-state index >= 15 is 0 Å². The molecule has 3 N–H and O–H groups in total. The molecule has 0 atom stereocenters. The SMILES string of the molecule is Cc1ccc(NC(=O)c2ccc(CN)c(C(F)(F)F)c2)cc1-c1cccc(C2COC2)c1. The predicted molar refractivity (Wildman–Crippen MR) is 117 cm³/mol. The fourth-order valence-electron chi connectivity index (χ4n) is 3.76. The molecule has 1 heterocycles. The molecule has 4 rings (SSSR count). The van der Waals surface area contributed by atoms with Crippen molar-refractivity contribution >= 4 is 11.6 Å². The van der Waals surface area contributed by atoms with Crippen molar-refractivity contribution < 1.29 is 22.7 Å². The number of halogens is 3. The molecule has 0 radical (unpaired) electrons. The number of nitrogens with one attached hydrogen (secondary N) is 1. The number of ether oxygens (including phenoxy) is 1. The van der Waals surface area contributed by atoms with E-state index in [2.05, 4.69) is 17.4 Å². The number of rotatable bonds is 5. The molecule has 0 spiro atoms. The van der Waals surface area contributed by atoms with Gasteiger partial charge in [-0.05, 0) is 59.0 Å². The van der Waals surface area contributed by atoms with Gasteiger partial charge in [0.1, 0.15) is 0 Å². The Labute approximate surface area is 184 Å². The van der Waals surface area contributed by atoms with Crippen molar-refractivity contribution in [3.63, 3.8) is 0 Å². The van der Waals surface area contributed by atoms with Crippen LogP contribution < -0.4 is 11.1 Å². The normalized spacial score (nSPS) is 14.2. The van der Waals surface area contributed by atoms with Crippen molar-refractivity contribution in [2.45, 2.75) is 25.6 Å². The van der Waals surface area contributed by atoms with Gasteiger partial charge in [-0.1, -0.05) is 36.4 Å². The van der Waals surface area contributed by atoms with E-state index in [0.717, 1.165) is 22.8 Å². The fraction of sp³-hybridized carbons (Fsp3) is 0.240. The Kier molecular flexibility index (Phi) is 6.04. The smallest absolute Gasteiger partial charge is 0.380 e. The maximum absolute atomic E-state index is 13.3. The van der Waals surface area contributed by atoms with E-state index in [4.69, 9.17) is 10.5 Å². The number of benzene rings is 3. The van der Waals surface area contributed by atoms with Crippen LogP contribution in [0.3, 0.4) is 0 Å². The predicted octanol–water partition coefficient (Wildman–Crippen LogP) is 5.51. The molecule has 0 unspecified atom stereocenters. The summed E-state index contributed by atoms with van der Waals surface area (Å²) < 4.78 is 45.2. The highest BCUT2D eigenvalue weighted by Gasteiger charge is 2.33. The second-order valence-electron chi connectivity index (χ2n) is 7.92. The van der Waals surface area contributed by atoms with Gasteiger partial charge in [0.2, 0.25) is 0 Å². The molecule has 166 valence electrons. The molecule has 1 aliphatic heterocycles. The van der Waals surface area contributed by atoms with Crippen molar-refractivity contribution in [2.24, 2.45) is 5.73 Å². The molecule has 1 amide bonds. The summed E-state index contributed by atoms with van der Waals surface area (Å²) in [5.41, 5.74) is 9.07. The Hall–Kier alpha value is -3.16. The highest BCUT2D eigenvalue weighted by molar-refractivity contribution is 6.04. The van der Waals surface area contributed by atoms with Crippen LogP contribution in [0.15, 0.2) is 60.7 Å². The number of hydrogen-bond donors (Lipinski definition) is 2. The second-order valence-corrected chi connectivity index (χ2v) is 7.92. The first-order valence-corrected chi connectivity index (χ1v) is 10.3. The second kappa shape index (κ2) is 8.76. The van der Waals surface area contributed by atoms with Crippen molar-refractivity contribution in [3.8, 4) is 11.1 Å². The van der Waals surface area contributed by atoms with Gasteiger partial charge in [0.15, 0.2) is 0 Å². The summed E-state index contributed by atoms with van der Waals surface area (Å²) in [4.78, 5) is 12.7. The van der Waals surface area contributed by atoms with Gasteiger partial charge in [0.25, 0.3) is 5.91 Å². The summed E-state index contributed by atoms with van der Waals surface area (Å²) in [6.45, 7) is 3.13. The lowest BCUT2D eigenvalue weighted by Gasteiger charge is -2.26. The zero-order valence-corrected chi connectivity index (χ0v) is 17.5. The largest absolute Gasteiger partial charge is 0.416 e. The van der Waals surface area contributed by atoms with Gasteiger partial charge in [-0.3, -0.25) is 4.79 Å². The Morgan fingerprint density at radius 2 is 1.88 bits per heavy atom. The van der Waals surface area contributed by atoms with Crippen LogP contribution >= 0.6 is 0 Å². The first kappa shape index (κ1) is 22.0.